The quantitative estimate of drug-likeness (QED) is 0.0869. The van der Waals surface area contributed by atoms with Gasteiger partial charge in [0.1, 0.15) is 12.1 Å². The van der Waals surface area contributed by atoms with E-state index in [0.717, 1.165) is 55.1 Å². The third-order valence-corrected chi connectivity index (χ3v) is 8.78. The molecule has 0 spiro atoms. The molecule has 2 aromatic rings. The Balaban J connectivity index is 1.52. The zero-order valence-electron chi connectivity index (χ0n) is 27.0. The molecule has 13 nitrogen and oxygen atoms in total. The molecular formula is C34H49N5O8. The number of methoxy groups -OCH3 is 1. The maximum atomic E-state index is 13.4. The molecule has 47 heavy (non-hydrogen) atoms. The summed E-state index contributed by atoms with van der Waals surface area (Å²) in [5.41, 5.74) is 6.92. The van der Waals surface area contributed by atoms with Gasteiger partial charge in [0, 0.05) is 13.0 Å². The summed E-state index contributed by atoms with van der Waals surface area (Å²) in [6, 6.07) is 10.5. The first-order valence-electron chi connectivity index (χ1n) is 16.4. The Morgan fingerprint density at radius 3 is 2.21 bits per heavy atom. The molecule has 1 saturated carbocycles. The number of aliphatic carboxylic acids is 2. The van der Waals surface area contributed by atoms with Crippen molar-refractivity contribution in [3.05, 3.63) is 48.0 Å². The molecule has 1 aliphatic carbocycles. The highest BCUT2D eigenvalue weighted by molar-refractivity contribution is 5.87. The number of carboxylic acids is 2. The molecule has 3 rings (SSSR count). The molecule has 0 saturated heterocycles. The fourth-order valence-electron chi connectivity index (χ4n) is 5.92. The number of ether oxygens (including phenoxy) is 1. The van der Waals surface area contributed by atoms with Gasteiger partial charge >= 0.3 is 23.9 Å². The Morgan fingerprint density at radius 1 is 0.872 bits per heavy atom. The van der Waals surface area contributed by atoms with Crippen LogP contribution in [0.3, 0.4) is 0 Å². The lowest BCUT2D eigenvalue weighted by atomic mass is 9.82. The van der Waals surface area contributed by atoms with Crippen LogP contribution in [0.2, 0.25) is 0 Å². The van der Waals surface area contributed by atoms with Crippen molar-refractivity contribution in [1.82, 2.24) is 21.3 Å². The summed E-state index contributed by atoms with van der Waals surface area (Å²) in [7, 11) is 1.18. The van der Waals surface area contributed by atoms with E-state index in [1.807, 2.05) is 12.1 Å². The molecule has 3 atom stereocenters. The lowest BCUT2D eigenvalue weighted by Gasteiger charge is -2.29. The predicted octanol–water partition coefficient (Wildman–Crippen LogP) is 2.55. The molecule has 1 fully saturated rings. The minimum atomic E-state index is -1.43. The highest BCUT2D eigenvalue weighted by atomic mass is 16.5. The first-order chi connectivity index (χ1) is 22.6. The Morgan fingerprint density at radius 2 is 1.55 bits per heavy atom. The first kappa shape index (κ1) is 37.2. The number of carbonyl (C=O) groups is 5. The van der Waals surface area contributed by atoms with Crippen LogP contribution < -0.4 is 27.0 Å². The number of fused-ring (bicyclic) bond motifs is 1. The predicted molar refractivity (Wildman–Crippen MR) is 177 cm³/mol. The fourth-order valence-corrected chi connectivity index (χ4v) is 5.92. The Kier molecular flexibility index (Phi) is 15.4. The molecule has 3 amide bonds. The van der Waals surface area contributed by atoms with Gasteiger partial charge in [-0.05, 0) is 99.0 Å². The van der Waals surface area contributed by atoms with Gasteiger partial charge in [0.15, 0.2) is 0 Å². The van der Waals surface area contributed by atoms with Gasteiger partial charge in [-0.1, -0.05) is 42.5 Å². The second-order valence-corrected chi connectivity index (χ2v) is 12.3. The summed E-state index contributed by atoms with van der Waals surface area (Å²) in [5, 5.41) is 31.5. The molecule has 0 aromatic heterocycles. The number of nitrogens with two attached hydrogens (primary N) is 1. The average molecular weight is 656 g/mol. The monoisotopic (exact) mass is 655 g/mol. The topological polar surface area (TPSA) is 209 Å². The molecule has 258 valence electrons. The summed E-state index contributed by atoms with van der Waals surface area (Å²) in [4.78, 5) is 60.3. The largest absolute Gasteiger partial charge is 0.481 e. The van der Waals surface area contributed by atoms with Crippen molar-refractivity contribution in [1.29, 1.82) is 0 Å². The van der Waals surface area contributed by atoms with Crippen molar-refractivity contribution >= 4 is 40.6 Å². The van der Waals surface area contributed by atoms with Crippen LogP contribution in [0.5, 0.6) is 0 Å². The number of hydrogen-bond donors (Lipinski definition) is 7. The van der Waals surface area contributed by atoms with E-state index in [1.165, 1.54) is 7.11 Å². The van der Waals surface area contributed by atoms with Crippen LogP contribution in [-0.4, -0.2) is 84.9 Å². The van der Waals surface area contributed by atoms with Crippen LogP contribution in [0.1, 0.15) is 63.4 Å². The van der Waals surface area contributed by atoms with Crippen molar-refractivity contribution < 1.29 is 38.9 Å². The molecular weight excluding hydrogens is 606 g/mol. The van der Waals surface area contributed by atoms with Crippen molar-refractivity contribution in [2.45, 2.75) is 82.3 Å². The zero-order valence-corrected chi connectivity index (χ0v) is 27.0. The van der Waals surface area contributed by atoms with Crippen LogP contribution >= 0.6 is 0 Å². The third kappa shape index (κ3) is 12.8. The highest BCUT2D eigenvalue weighted by Gasteiger charge is 2.26. The first-order valence-corrected chi connectivity index (χ1v) is 16.4. The SMILES string of the molecule is COC(=O)[C@H](CCCCNC(=O)[C@H](Cc1ccc2ccccc2c1)NCC1CCC(CN)CC1)NC(=O)N[C@@H](CCC(=O)O)C(=O)O. The Hall–Kier alpha value is -4.23. The summed E-state index contributed by atoms with van der Waals surface area (Å²) in [5.74, 6) is -2.33. The summed E-state index contributed by atoms with van der Waals surface area (Å²) < 4.78 is 4.78. The highest BCUT2D eigenvalue weighted by Crippen LogP contribution is 2.27. The van der Waals surface area contributed by atoms with Gasteiger partial charge in [0.05, 0.1) is 13.2 Å². The maximum Gasteiger partial charge on any atom is 0.328 e. The summed E-state index contributed by atoms with van der Waals surface area (Å²) >= 11 is 0. The molecule has 0 heterocycles. The van der Waals surface area contributed by atoms with Crippen LogP contribution in [0.4, 0.5) is 4.79 Å². The van der Waals surface area contributed by atoms with Gasteiger partial charge in [0.25, 0.3) is 0 Å². The maximum absolute atomic E-state index is 13.4. The second-order valence-electron chi connectivity index (χ2n) is 12.3. The van der Waals surface area contributed by atoms with Crippen LogP contribution in [0.25, 0.3) is 10.8 Å². The molecule has 0 unspecified atom stereocenters. The molecule has 1 aliphatic rings. The molecule has 13 heteroatoms. The molecule has 8 N–H and O–H groups in total. The number of carboxylic acid groups (broad SMARTS) is 2. The van der Waals surface area contributed by atoms with Crippen molar-refractivity contribution in [3.8, 4) is 0 Å². The van der Waals surface area contributed by atoms with E-state index < -0.39 is 48.5 Å². The normalized spacial score (nSPS) is 18.0. The minimum absolute atomic E-state index is 0.114. The standard InChI is InChI=1S/C34H49N5O8/c1-47-33(45)28(39-34(46)38-27(32(43)44)15-16-30(40)41)8-4-5-17-36-31(42)29(37-21-23-11-9-22(20-35)10-12-23)19-24-13-14-25-6-2-3-7-26(25)18-24/h2-3,6-7,13-14,18,22-23,27-29,37H,4-5,8-12,15-17,19-21,35H2,1H3,(H,36,42)(H,40,41)(H,43,44)(H2,38,39,46)/t22?,23?,27-,28-,29-/m0/s1. The van der Waals surface area contributed by atoms with Crippen molar-refractivity contribution in [2.24, 2.45) is 17.6 Å². The number of rotatable bonds is 19. The second kappa shape index (κ2) is 19.4. The van der Waals surface area contributed by atoms with Crippen LogP contribution in [0, 0.1) is 11.8 Å². The number of hydrogen-bond acceptors (Lipinski definition) is 8. The van der Waals surface area contributed by atoms with E-state index in [4.69, 9.17) is 15.6 Å². The molecule has 2 aromatic carbocycles. The molecule has 0 bridgehead atoms. The van der Waals surface area contributed by atoms with Gasteiger partial charge in [-0.25, -0.2) is 14.4 Å². The van der Waals surface area contributed by atoms with E-state index in [0.29, 0.717) is 37.6 Å². The van der Waals surface area contributed by atoms with Crippen molar-refractivity contribution in [2.75, 3.05) is 26.7 Å². The average Bonchev–Trinajstić information content (AvgIpc) is 3.07. The van der Waals surface area contributed by atoms with E-state index in [9.17, 15) is 29.1 Å². The Bertz CT molecular complexity index is 1350. The van der Waals surface area contributed by atoms with Gasteiger partial charge in [-0.2, -0.15) is 0 Å². The number of unbranched alkanes of at least 4 members (excludes halogenated alkanes) is 1. The van der Waals surface area contributed by atoms with Gasteiger partial charge in [-0.3, -0.25) is 9.59 Å². The minimum Gasteiger partial charge on any atom is -0.481 e. The number of amides is 3. The number of esters is 1. The van der Waals surface area contributed by atoms with Crippen LogP contribution in [-0.2, 0) is 30.3 Å². The number of carbonyl (C=O) groups excluding carboxylic acids is 3. The molecule has 0 aliphatic heterocycles. The lowest BCUT2D eigenvalue weighted by Crippen LogP contribution is -2.51. The lowest BCUT2D eigenvalue weighted by molar-refractivity contribution is -0.143. The number of nitrogens with one attached hydrogen (secondary N) is 4. The fraction of sp³-hybridized carbons (Fsp3) is 0.559. The smallest absolute Gasteiger partial charge is 0.328 e. The van der Waals surface area contributed by atoms with Crippen LogP contribution in [0.15, 0.2) is 42.5 Å². The van der Waals surface area contributed by atoms with Gasteiger partial charge in [0.2, 0.25) is 5.91 Å². The third-order valence-electron chi connectivity index (χ3n) is 8.78. The summed E-state index contributed by atoms with van der Waals surface area (Å²) in [6.45, 7) is 1.82. The number of urea groups is 1. The van der Waals surface area contributed by atoms with E-state index in [2.05, 4.69) is 51.6 Å². The van der Waals surface area contributed by atoms with E-state index in [1.54, 1.807) is 0 Å². The number of benzene rings is 2. The van der Waals surface area contributed by atoms with Gasteiger partial charge in [-0.15, -0.1) is 0 Å². The zero-order chi connectivity index (χ0) is 34.2. The summed E-state index contributed by atoms with van der Waals surface area (Å²) in [6.07, 6.45) is 5.33. The Labute approximate surface area is 275 Å². The van der Waals surface area contributed by atoms with E-state index in [-0.39, 0.29) is 18.7 Å². The van der Waals surface area contributed by atoms with Crippen molar-refractivity contribution in [3.63, 3.8) is 0 Å². The van der Waals surface area contributed by atoms with E-state index >= 15 is 0 Å². The molecule has 0 radical (unpaired) electrons. The van der Waals surface area contributed by atoms with Gasteiger partial charge < -0.3 is 42.0 Å².